The van der Waals surface area contributed by atoms with Gasteiger partial charge in [0.25, 0.3) is 0 Å². The van der Waals surface area contributed by atoms with Gasteiger partial charge in [-0.3, -0.25) is 0 Å². The number of thiocarbonyl (C=S) groups is 1. The molecular weight excluding hydrogens is 180 g/mol. The van der Waals surface area contributed by atoms with E-state index in [-0.39, 0.29) is 0 Å². The van der Waals surface area contributed by atoms with Crippen LogP contribution in [0.4, 0.5) is 0 Å². The van der Waals surface area contributed by atoms with Crippen molar-refractivity contribution in [2.45, 2.75) is 27.2 Å². The van der Waals surface area contributed by atoms with Crippen LogP contribution in [0.3, 0.4) is 0 Å². The van der Waals surface area contributed by atoms with E-state index in [1.54, 1.807) is 0 Å². The van der Waals surface area contributed by atoms with Crippen LogP contribution in [-0.4, -0.2) is 30.1 Å². The van der Waals surface area contributed by atoms with Gasteiger partial charge in [-0.15, -0.1) is 0 Å². The topological polar surface area (TPSA) is 15.3 Å². The smallest absolute Gasteiger partial charge is 0.168 e. The summed E-state index contributed by atoms with van der Waals surface area (Å²) < 4.78 is 0. The molecule has 76 valence electrons. The van der Waals surface area contributed by atoms with Gasteiger partial charge in [-0.25, -0.2) is 0 Å². The van der Waals surface area contributed by atoms with Crippen LogP contribution < -0.4 is 5.32 Å². The van der Waals surface area contributed by atoms with Crippen molar-refractivity contribution in [2.24, 2.45) is 11.3 Å². The molecule has 1 rings (SSSR count). The molecule has 1 unspecified atom stereocenters. The van der Waals surface area contributed by atoms with Crippen molar-refractivity contribution in [3.63, 3.8) is 0 Å². The molecule has 2 nitrogen and oxygen atoms in total. The summed E-state index contributed by atoms with van der Waals surface area (Å²) >= 11 is 5.21. The summed E-state index contributed by atoms with van der Waals surface area (Å²) in [7, 11) is 1.90. The minimum Gasteiger partial charge on any atom is -0.366 e. The number of likely N-dealkylation sites (tertiary alicyclic amines) is 1. The van der Waals surface area contributed by atoms with E-state index < -0.39 is 0 Å². The van der Waals surface area contributed by atoms with Crippen LogP contribution in [-0.2, 0) is 0 Å². The van der Waals surface area contributed by atoms with E-state index in [4.69, 9.17) is 12.2 Å². The fraction of sp³-hybridized carbons (Fsp3) is 0.900. The lowest BCUT2D eigenvalue weighted by atomic mass is 9.80. The van der Waals surface area contributed by atoms with Crippen molar-refractivity contribution in [3.8, 4) is 0 Å². The SMILES string of the molecule is CNC(=S)N1CCC(C(C)(C)C)C1. The van der Waals surface area contributed by atoms with E-state index in [1.807, 2.05) is 7.05 Å². The zero-order valence-electron chi connectivity index (χ0n) is 9.05. The summed E-state index contributed by atoms with van der Waals surface area (Å²) in [4.78, 5) is 2.27. The third-order valence-corrected chi connectivity index (χ3v) is 3.38. The van der Waals surface area contributed by atoms with Crippen molar-refractivity contribution in [1.82, 2.24) is 10.2 Å². The quantitative estimate of drug-likeness (QED) is 0.601. The lowest BCUT2D eigenvalue weighted by molar-refractivity contribution is 0.250. The Morgan fingerprint density at radius 1 is 1.46 bits per heavy atom. The Morgan fingerprint density at radius 3 is 2.46 bits per heavy atom. The largest absolute Gasteiger partial charge is 0.366 e. The van der Waals surface area contributed by atoms with Crippen LogP contribution in [0, 0.1) is 11.3 Å². The number of nitrogens with zero attached hydrogens (tertiary/aromatic N) is 1. The first-order chi connectivity index (χ1) is 5.95. The summed E-state index contributed by atoms with van der Waals surface area (Å²) in [5.41, 5.74) is 0.415. The Balaban J connectivity index is 2.50. The first-order valence-corrected chi connectivity index (χ1v) is 5.32. The highest BCUT2D eigenvalue weighted by molar-refractivity contribution is 7.80. The third-order valence-electron chi connectivity index (χ3n) is 2.91. The Morgan fingerprint density at radius 2 is 2.08 bits per heavy atom. The number of hydrogen-bond donors (Lipinski definition) is 1. The fourth-order valence-corrected chi connectivity index (χ4v) is 1.98. The summed E-state index contributed by atoms with van der Waals surface area (Å²) in [6, 6.07) is 0. The van der Waals surface area contributed by atoms with Crippen LogP contribution in [0.1, 0.15) is 27.2 Å². The zero-order valence-corrected chi connectivity index (χ0v) is 9.87. The highest BCUT2D eigenvalue weighted by Gasteiger charge is 2.32. The van der Waals surface area contributed by atoms with Crippen LogP contribution in [0.5, 0.6) is 0 Å². The second kappa shape index (κ2) is 3.82. The Kier molecular flexibility index (Phi) is 3.17. The molecule has 0 bridgehead atoms. The van der Waals surface area contributed by atoms with Gasteiger partial charge >= 0.3 is 0 Å². The van der Waals surface area contributed by atoms with Gasteiger partial charge in [0.15, 0.2) is 5.11 Å². The normalized spacial score (nSPS) is 23.4. The highest BCUT2D eigenvalue weighted by atomic mass is 32.1. The molecule has 1 fully saturated rings. The fourth-order valence-electron chi connectivity index (χ4n) is 1.81. The molecule has 1 aliphatic rings. The van der Waals surface area contributed by atoms with Gasteiger partial charge in [-0.2, -0.15) is 0 Å². The minimum absolute atomic E-state index is 0.415. The predicted octanol–water partition coefficient (Wildman–Crippen LogP) is 1.86. The molecule has 1 N–H and O–H groups in total. The standard InChI is InChI=1S/C10H20N2S/c1-10(2,3)8-5-6-12(7-8)9(13)11-4/h8H,5-7H2,1-4H3,(H,11,13). The molecule has 0 aromatic carbocycles. The lowest BCUT2D eigenvalue weighted by Crippen LogP contribution is -2.37. The zero-order chi connectivity index (χ0) is 10.1. The highest BCUT2D eigenvalue weighted by Crippen LogP contribution is 2.33. The third kappa shape index (κ3) is 2.56. The van der Waals surface area contributed by atoms with Crippen molar-refractivity contribution in [1.29, 1.82) is 0 Å². The number of rotatable bonds is 0. The predicted molar refractivity (Wildman–Crippen MR) is 60.8 cm³/mol. The van der Waals surface area contributed by atoms with E-state index in [9.17, 15) is 0 Å². The van der Waals surface area contributed by atoms with E-state index in [0.717, 1.165) is 24.1 Å². The average Bonchev–Trinajstić information content (AvgIpc) is 2.50. The molecule has 13 heavy (non-hydrogen) atoms. The van der Waals surface area contributed by atoms with Crippen LogP contribution in [0.25, 0.3) is 0 Å². The van der Waals surface area contributed by atoms with Crippen molar-refractivity contribution < 1.29 is 0 Å². The molecule has 1 heterocycles. The minimum atomic E-state index is 0.415. The Bertz CT molecular complexity index is 196. The molecule has 0 amide bonds. The van der Waals surface area contributed by atoms with Crippen molar-refractivity contribution in [2.75, 3.05) is 20.1 Å². The summed E-state index contributed by atoms with van der Waals surface area (Å²) in [5.74, 6) is 0.777. The van der Waals surface area contributed by atoms with Crippen molar-refractivity contribution >= 4 is 17.3 Å². The second-order valence-corrected chi connectivity index (χ2v) is 5.24. The summed E-state index contributed by atoms with van der Waals surface area (Å²) in [6.45, 7) is 9.15. The maximum Gasteiger partial charge on any atom is 0.168 e. The molecule has 0 spiro atoms. The van der Waals surface area contributed by atoms with Gasteiger partial charge in [0, 0.05) is 20.1 Å². The van der Waals surface area contributed by atoms with E-state index >= 15 is 0 Å². The summed E-state index contributed by atoms with van der Waals surface area (Å²) in [5, 5.41) is 3.93. The van der Waals surface area contributed by atoms with Crippen LogP contribution in [0.2, 0.25) is 0 Å². The monoisotopic (exact) mass is 200 g/mol. The number of nitrogens with one attached hydrogen (secondary N) is 1. The molecule has 1 aliphatic heterocycles. The Hall–Kier alpha value is -0.310. The van der Waals surface area contributed by atoms with E-state index in [1.165, 1.54) is 6.42 Å². The van der Waals surface area contributed by atoms with Crippen LogP contribution in [0.15, 0.2) is 0 Å². The van der Waals surface area contributed by atoms with Gasteiger partial charge < -0.3 is 10.2 Å². The molecule has 0 aromatic rings. The second-order valence-electron chi connectivity index (χ2n) is 4.85. The van der Waals surface area contributed by atoms with Gasteiger partial charge in [0.05, 0.1) is 0 Å². The molecule has 1 saturated heterocycles. The maximum atomic E-state index is 5.21. The molecule has 0 aliphatic carbocycles. The molecule has 0 radical (unpaired) electrons. The van der Waals surface area contributed by atoms with E-state index in [2.05, 4.69) is 31.0 Å². The van der Waals surface area contributed by atoms with Gasteiger partial charge in [0.1, 0.15) is 0 Å². The van der Waals surface area contributed by atoms with Crippen LogP contribution >= 0.6 is 12.2 Å². The summed E-state index contributed by atoms with van der Waals surface area (Å²) in [6.07, 6.45) is 1.27. The Labute approximate surface area is 86.7 Å². The van der Waals surface area contributed by atoms with Crippen molar-refractivity contribution in [3.05, 3.63) is 0 Å². The van der Waals surface area contributed by atoms with Gasteiger partial charge in [-0.1, -0.05) is 20.8 Å². The molecule has 1 atom stereocenters. The maximum absolute atomic E-state index is 5.21. The average molecular weight is 200 g/mol. The molecular formula is C10H20N2S. The lowest BCUT2D eigenvalue weighted by Gasteiger charge is -2.27. The van der Waals surface area contributed by atoms with Gasteiger partial charge in [0.2, 0.25) is 0 Å². The molecule has 0 aromatic heterocycles. The van der Waals surface area contributed by atoms with E-state index in [0.29, 0.717) is 5.41 Å². The first kappa shape index (κ1) is 10.8. The number of hydrogen-bond acceptors (Lipinski definition) is 1. The first-order valence-electron chi connectivity index (χ1n) is 4.92. The van der Waals surface area contributed by atoms with Gasteiger partial charge in [-0.05, 0) is 30.0 Å². The molecule has 0 saturated carbocycles. The molecule has 3 heteroatoms.